The van der Waals surface area contributed by atoms with E-state index in [4.69, 9.17) is 23.2 Å². The Bertz CT molecular complexity index is 1640. The molecule has 3 aromatic carbocycles. The Labute approximate surface area is 268 Å². The molecule has 1 fully saturated rings. The van der Waals surface area contributed by atoms with Crippen molar-refractivity contribution in [3.63, 3.8) is 0 Å². The third kappa shape index (κ3) is 6.19. The molecule has 0 aliphatic carbocycles. The van der Waals surface area contributed by atoms with E-state index in [1.807, 2.05) is 13.8 Å². The lowest BCUT2D eigenvalue weighted by molar-refractivity contribution is -0.120. The molecule has 0 radical (unpaired) electrons. The molecule has 234 valence electrons. The van der Waals surface area contributed by atoms with Crippen LogP contribution in [-0.4, -0.2) is 58.0 Å². The van der Waals surface area contributed by atoms with Crippen LogP contribution in [0, 0.1) is 5.92 Å². The lowest BCUT2D eigenvalue weighted by atomic mass is 9.83. The average Bonchev–Trinajstić information content (AvgIpc) is 3.29. The number of carbonyl (C=O) groups is 2. The first-order valence-electron chi connectivity index (χ1n) is 14.9. The summed E-state index contributed by atoms with van der Waals surface area (Å²) < 4.78 is 28.1. The summed E-state index contributed by atoms with van der Waals surface area (Å²) in [5.41, 5.74) is 0.0833. The number of benzene rings is 3. The van der Waals surface area contributed by atoms with E-state index in [-0.39, 0.29) is 26.5 Å². The fourth-order valence-corrected chi connectivity index (χ4v) is 8.06. The van der Waals surface area contributed by atoms with Gasteiger partial charge in [-0.25, -0.2) is 13.2 Å². The molecule has 1 saturated heterocycles. The van der Waals surface area contributed by atoms with Crippen LogP contribution in [-0.2, 0) is 20.2 Å². The SMILES string of the molecule is CCN(CC)C(=O)Nc1ccc(S(=O)(=O)c2cc(Cl)cc3c2NC(=O)C3(NCCC2CCNCC2)c2ccccc2Cl)cc1. The normalized spacial score (nSPS) is 18.5. The first-order chi connectivity index (χ1) is 21.1. The summed E-state index contributed by atoms with van der Waals surface area (Å²) >= 11 is 13.3. The number of fused-ring (bicyclic) bond motifs is 1. The molecular weight excluding hydrogens is 621 g/mol. The molecule has 9 nitrogen and oxygen atoms in total. The minimum absolute atomic E-state index is 0.00818. The maximum Gasteiger partial charge on any atom is 0.321 e. The Kier molecular flexibility index (Phi) is 9.86. The molecule has 12 heteroatoms. The molecule has 3 aromatic rings. The number of nitrogens with one attached hydrogen (secondary N) is 4. The summed E-state index contributed by atoms with van der Waals surface area (Å²) in [6, 6.07) is 15.7. The van der Waals surface area contributed by atoms with Crippen molar-refractivity contribution in [3.05, 3.63) is 81.8 Å². The van der Waals surface area contributed by atoms with Crippen LogP contribution in [0.15, 0.2) is 70.5 Å². The molecule has 2 aliphatic rings. The number of piperidine rings is 1. The highest BCUT2D eigenvalue weighted by molar-refractivity contribution is 7.91. The van der Waals surface area contributed by atoms with Crippen molar-refractivity contribution in [2.45, 2.75) is 48.4 Å². The molecule has 3 amide bonds. The van der Waals surface area contributed by atoms with Gasteiger partial charge in [-0.3, -0.25) is 10.1 Å². The van der Waals surface area contributed by atoms with Gasteiger partial charge in [0.1, 0.15) is 0 Å². The minimum Gasteiger partial charge on any atom is -0.325 e. The van der Waals surface area contributed by atoms with Gasteiger partial charge in [-0.15, -0.1) is 0 Å². The second kappa shape index (κ2) is 13.5. The molecule has 2 aliphatic heterocycles. The van der Waals surface area contributed by atoms with E-state index in [0.29, 0.717) is 47.4 Å². The summed E-state index contributed by atoms with van der Waals surface area (Å²) in [5.74, 6) is 0.0742. The van der Waals surface area contributed by atoms with Crippen LogP contribution in [0.25, 0.3) is 0 Å². The van der Waals surface area contributed by atoms with Gasteiger partial charge >= 0.3 is 6.03 Å². The summed E-state index contributed by atoms with van der Waals surface area (Å²) in [6.07, 6.45) is 2.95. The number of rotatable bonds is 10. The lowest BCUT2D eigenvalue weighted by Gasteiger charge is -2.32. The van der Waals surface area contributed by atoms with Crippen LogP contribution < -0.4 is 21.3 Å². The number of amides is 3. The Morgan fingerprint density at radius 1 is 1.00 bits per heavy atom. The van der Waals surface area contributed by atoms with E-state index in [9.17, 15) is 18.0 Å². The molecule has 4 N–H and O–H groups in total. The van der Waals surface area contributed by atoms with Gasteiger partial charge in [0.2, 0.25) is 9.84 Å². The fourth-order valence-electron chi connectivity index (χ4n) is 6.04. The van der Waals surface area contributed by atoms with E-state index in [2.05, 4.69) is 21.3 Å². The number of anilines is 2. The van der Waals surface area contributed by atoms with E-state index < -0.39 is 21.3 Å². The van der Waals surface area contributed by atoms with Crippen molar-refractivity contribution < 1.29 is 18.0 Å². The minimum atomic E-state index is -4.15. The largest absolute Gasteiger partial charge is 0.325 e. The zero-order valence-electron chi connectivity index (χ0n) is 24.8. The molecule has 5 rings (SSSR count). The highest BCUT2D eigenvalue weighted by Gasteiger charge is 2.51. The zero-order chi connectivity index (χ0) is 31.5. The molecule has 2 heterocycles. The van der Waals surface area contributed by atoms with Crippen molar-refractivity contribution in [1.29, 1.82) is 0 Å². The fraction of sp³-hybridized carbons (Fsp3) is 0.375. The van der Waals surface area contributed by atoms with Gasteiger partial charge in [-0.1, -0.05) is 41.4 Å². The Balaban J connectivity index is 1.53. The van der Waals surface area contributed by atoms with Crippen molar-refractivity contribution in [2.24, 2.45) is 5.92 Å². The molecule has 0 saturated carbocycles. The smallest absolute Gasteiger partial charge is 0.321 e. The Hall–Kier alpha value is -3.15. The summed E-state index contributed by atoms with van der Waals surface area (Å²) in [5, 5.41) is 13.0. The number of halogens is 2. The third-order valence-electron chi connectivity index (χ3n) is 8.49. The number of carbonyl (C=O) groups excluding carboxylic acids is 2. The molecular formula is C32H37Cl2N5O4S. The molecule has 0 aromatic heterocycles. The van der Waals surface area contributed by atoms with E-state index in [1.54, 1.807) is 35.2 Å². The van der Waals surface area contributed by atoms with Crippen molar-refractivity contribution in [1.82, 2.24) is 15.5 Å². The topological polar surface area (TPSA) is 120 Å². The summed E-state index contributed by atoms with van der Waals surface area (Å²) in [6.45, 7) is 7.29. The predicted octanol–water partition coefficient (Wildman–Crippen LogP) is 5.87. The zero-order valence-corrected chi connectivity index (χ0v) is 27.1. The summed E-state index contributed by atoms with van der Waals surface area (Å²) in [7, 11) is -4.15. The van der Waals surface area contributed by atoms with Gasteiger partial charge in [0, 0.05) is 39.9 Å². The van der Waals surface area contributed by atoms with Gasteiger partial charge in [-0.2, -0.15) is 0 Å². The standard InChI is InChI=1S/C32H37Cl2N5O4S/c1-3-39(4-2)31(41)37-23-9-11-24(12-10-23)44(42,43)28-20-22(33)19-26-29(28)38-30(40)32(26,25-7-5-6-8-27(25)34)36-18-15-21-13-16-35-17-14-21/h5-12,19-21,35-36H,3-4,13-18H2,1-2H3,(H,37,41)(H,38,40). The highest BCUT2D eigenvalue weighted by atomic mass is 35.5. The second-order valence-corrected chi connectivity index (χ2v) is 13.8. The molecule has 1 unspecified atom stereocenters. The number of nitrogens with zero attached hydrogens (tertiary/aromatic N) is 1. The van der Waals surface area contributed by atoms with Crippen LogP contribution >= 0.6 is 23.2 Å². The first-order valence-corrected chi connectivity index (χ1v) is 17.1. The van der Waals surface area contributed by atoms with Crippen LogP contribution in [0.4, 0.5) is 16.2 Å². The maximum absolute atomic E-state index is 14.1. The third-order valence-corrected chi connectivity index (χ3v) is 10.8. The number of sulfone groups is 1. The van der Waals surface area contributed by atoms with Crippen molar-refractivity contribution in [3.8, 4) is 0 Å². The number of urea groups is 1. The maximum atomic E-state index is 14.1. The lowest BCUT2D eigenvalue weighted by Crippen LogP contribution is -2.50. The molecule has 0 bridgehead atoms. The van der Waals surface area contributed by atoms with Gasteiger partial charge in [-0.05, 0) is 101 Å². The van der Waals surface area contributed by atoms with Crippen molar-refractivity contribution in [2.75, 3.05) is 43.4 Å². The van der Waals surface area contributed by atoms with Gasteiger partial charge in [0.15, 0.2) is 5.54 Å². The van der Waals surface area contributed by atoms with Crippen LogP contribution in [0.2, 0.25) is 10.0 Å². The van der Waals surface area contributed by atoms with Gasteiger partial charge in [0.25, 0.3) is 5.91 Å². The monoisotopic (exact) mass is 657 g/mol. The van der Waals surface area contributed by atoms with Crippen LogP contribution in [0.5, 0.6) is 0 Å². The van der Waals surface area contributed by atoms with Crippen LogP contribution in [0.3, 0.4) is 0 Å². The van der Waals surface area contributed by atoms with Crippen LogP contribution in [0.1, 0.15) is 44.2 Å². The van der Waals surface area contributed by atoms with E-state index in [1.165, 1.54) is 30.3 Å². The van der Waals surface area contributed by atoms with E-state index >= 15 is 0 Å². The number of hydrogen-bond acceptors (Lipinski definition) is 6. The average molecular weight is 659 g/mol. The van der Waals surface area contributed by atoms with Gasteiger partial charge in [0.05, 0.1) is 15.5 Å². The van der Waals surface area contributed by atoms with Crippen molar-refractivity contribution >= 4 is 56.4 Å². The second-order valence-electron chi connectivity index (χ2n) is 11.0. The molecule has 1 atom stereocenters. The Morgan fingerprint density at radius 2 is 1.68 bits per heavy atom. The molecule has 44 heavy (non-hydrogen) atoms. The van der Waals surface area contributed by atoms with E-state index in [0.717, 1.165) is 32.4 Å². The number of hydrogen-bond donors (Lipinski definition) is 4. The quantitative estimate of drug-likeness (QED) is 0.216. The summed E-state index contributed by atoms with van der Waals surface area (Å²) in [4.78, 5) is 28.0. The molecule has 0 spiro atoms. The Morgan fingerprint density at radius 3 is 2.34 bits per heavy atom. The predicted molar refractivity (Wildman–Crippen MR) is 174 cm³/mol. The van der Waals surface area contributed by atoms with Gasteiger partial charge < -0.3 is 20.9 Å². The highest BCUT2D eigenvalue weighted by Crippen LogP contribution is 2.48. The first kappa shape index (κ1) is 32.2.